The zero-order valence-corrected chi connectivity index (χ0v) is 19.7. The van der Waals surface area contributed by atoms with Crippen molar-refractivity contribution in [3.8, 4) is 0 Å². The van der Waals surface area contributed by atoms with Gasteiger partial charge in [-0.3, -0.25) is 9.79 Å². The van der Waals surface area contributed by atoms with Gasteiger partial charge >= 0.3 is 0 Å². The number of aliphatic imine (C=N–C) groups is 1. The number of benzene rings is 2. The third-order valence-electron chi connectivity index (χ3n) is 5.32. The summed E-state index contributed by atoms with van der Waals surface area (Å²) in [5, 5.41) is 4.01. The van der Waals surface area contributed by atoms with Crippen molar-refractivity contribution >= 4 is 55.6 Å². The zero-order valence-electron chi connectivity index (χ0n) is 17.3. The number of nitrogens with one attached hydrogen (secondary N) is 1. The molecule has 0 saturated carbocycles. The van der Waals surface area contributed by atoms with Crippen LogP contribution in [0.1, 0.15) is 25.3 Å². The fraction of sp³-hybridized carbons (Fsp3) is 0.364. The average molecular weight is 478 g/mol. The van der Waals surface area contributed by atoms with E-state index in [1.165, 1.54) is 17.3 Å². The molecule has 0 unspecified atom stereocenters. The molecular formula is C22H24ClN3O3S2. The molecule has 31 heavy (non-hydrogen) atoms. The van der Waals surface area contributed by atoms with E-state index < -0.39 is 9.84 Å². The maximum atomic E-state index is 12.8. The van der Waals surface area contributed by atoms with Crippen LogP contribution >= 0.6 is 23.4 Å². The molecule has 0 bridgehead atoms. The van der Waals surface area contributed by atoms with Crippen molar-refractivity contribution in [3.63, 3.8) is 0 Å². The Morgan fingerprint density at radius 1 is 1.23 bits per heavy atom. The number of carbonyl (C=O) groups excluding carboxylic acids is 1. The van der Waals surface area contributed by atoms with Crippen LogP contribution in [0, 0.1) is 0 Å². The molecule has 0 radical (unpaired) electrons. The van der Waals surface area contributed by atoms with Gasteiger partial charge in [0.2, 0.25) is 5.91 Å². The lowest BCUT2D eigenvalue weighted by Gasteiger charge is -2.24. The van der Waals surface area contributed by atoms with Crippen molar-refractivity contribution in [1.29, 1.82) is 0 Å². The quantitative estimate of drug-likeness (QED) is 0.699. The van der Waals surface area contributed by atoms with Crippen LogP contribution in [0.25, 0.3) is 0 Å². The summed E-state index contributed by atoms with van der Waals surface area (Å²) in [6.45, 7) is 4.32. The smallest absolute Gasteiger partial charge is 0.244 e. The highest BCUT2D eigenvalue weighted by atomic mass is 35.5. The second-order valence-corrected chi connectivity index (χ2v) is 11.9. The minimum absolute atomic E-state index is 0.0611. The second-order valence-electron chi connectivity index (χ2n) is 8.10. The first kappa shape index (κ1) is 22.2. The van der Waals surface area contributed by atoms with E-state index in [1.54, 1.807) is 24.3 Å². The van der Waals surface area contributed by atoms with Gasteiger partial charge in [0.15, 0.2) is 15.0 Å². The predicted molar refractivity (Wildman–Crippen MR) is 129 cm³/mol. The van der Waals surface area contributed by atoms with Crippen molar-refractivity contribution in [3.05, 3.63) is 59.1 Å². The summed E-state index contributed by atoms with van der Waals surface area (Å²) in [5.41, 5.74) is 2.67. The maximum absolute atomic E-state index is 12.8. The minimum atomic E-state index is -3.04. The molecule has 6 nitrogen and oxygen atoms in total. The first-order valence-corrected chi connectivity index (χ1v) is 13.2. The predicted octanol–water partition coefficient (Wildman–Crippen LogP) is 4.18. The number of thioether (sulfide) groups is 1. The van der Waals surface area contributed by atoms with E-state index in [-0.39, 0.29) is 35.2 Å². The number of carbonyl (C=O) groups is 1. The van der Waals surface area contributed by atoms with Gasteiger partial charge in [0.05, 0.1) is 17.5 Å². The Labute approximate surface area is 192 Å². The number of anilines is 2. The van der Waals surface area contributed by atoms with Crippen LogP contribution < -0.4 is 10.2 Å². The van der Waals surface area contributed by atoms with Crippen LogP contribution in [0.15, 0.2) is 53.5 Å². The van der Waals surface area contributed by atoms with E-state index in [4.69, 9.17) is 11.6 Å². The molecule has 2 aliphatic heterocycles. The normalized spacial score (nSPS) is 21.6. The van der Waals surface area contributed by atoms with Gasteiger partial charge in [0.25, 0.3) is 0 Å². The molecular weight excluding hydrogens is 454 g/mol. The molecule has 4 rings (SSSR count). The molecule has 0 aromatic heterocycles. The van der Waals surface area contributed by atoms with E-state index in [2.05, 4.69) is 24.2 Å². The minimum Gasteiger partial charge on any atom is -0.324 e. The molecule has 9 heteroatoms. The molecule has 1 fully saturated rings. The van der Waals surface area contributed by atoms with Gasteiger partial charge in [-0.05, 0) is 41.8 Å². The number of amidine groups is 1. The van der Waals surface area contributed by atoms with E-state index in [1.807, 2.05) is 29.2 Å². The molecule has 164 valence electrons. The molecule has 2 atom stereocenters. The first-order valence-electron chi connectivity index (χ1n) is 10.1. The number of amides is 1. The molecule has 0 spiro atoms. The van der Waals surface area contributed by atoms with Crippen LogP contribution in [0.2, 0.25) is 5.02 Å². The first-order chi connectivity index (χ1) is 14.7. The number of hydrogen-bond donors (Lipinski definition) is 1. The maximum Gasteiger partial charge on any atom is 0.244 e. The highest BCUT2D eigenvalue weighted by Gasteiger charge is 2.44. The van der Waals surface area contributed by atoms with Gasteiger partial charge in [-0.25, -0.2) is 8.42 Å². The van der Waals surface area contributed by atoms with Gasteiger partial charge in [0, 0.05) is 21.6 Å². The lowest BCUT2D eigenvalue weighted by molar-refractivity contribution is -0.114. The van der Waals surface area contributed by atoms with Crippen LogP contribution in [-0.2, 0) is 14.6 Å². The lowest BCUT2D eigenvalue weighted by atomic mass is 10.0. The summed E-state index contributed by atoms with van der Waals surface area (Å²) in [6, 6.07) is 14.8. The fourth-order valence-electron chi connectivity index (χ4n) is 3.69. The average Bonchev–Trinajstić information content (AvgIpc) is 3.19. The monoisotopic (exact) mass is 477 g/mol. The Morgan fingerprint density at radius 2 is 1.97 bits per heavy atom. The SMILES string of the molecule is CC(C)c1ccc(N(CC(=O)Nc2cccc(Cl)c2)C2=N[C@@H]3CS(=O)(=O)C[C@H]3S2)cc1. The highest BCUT2D eigenvalue weighted by Crippen LogP contribution is 2.37. The number of sulfone groups is 1. The lowest BCUT2D eigenvalue weighted by Crippen LogP contribution is -2.36. The summed E-state index contributed by atoms with van der Waals surface area (Å²) in [6.07, 6.45) is 0. The van der Waals surface area contributed by atoms with Crippen molar-refractivity contribution in [2.75, 3.05) is 28.3 Å². The van der Waals surface area contributed by atoms with E-state index >= 15 is 0 Å². The van der Waals surface area contributed by atoms with E-state index in [0.717, 1.165) is 5.69 Å². The topological polar surface area (TPSA) is 78.8 Å². The number of nitrogens with zero attached hydrogens (tertiary/aromatic N) is 2. The molecule has 2 heterocycles. The number of rotatable bonds is 5. The fourth-order valence-corrected chi connectivity index (χ4v) is 7.66. The standard InChI is InChI=1S/C22H24ClN3O3S2/c1-14(2)15-6-8-18(9-7-15)26(11-21(27)24-17-5-3-4-16(23)10-17)22-25-19-12-31(28,29)13-20(19)30-22/h3-10,14,19-20H,11-13H2,1-2H3,(H,24,27)/t19-,20-/m1/s1. The Bertz CT molecular complexity index is 1120. The third kappa shape index (κ3) is 5.25. The van der Waals surface area contributed by atoms with Gasteiger partial charge < -0.3 is 10.2 Å². The van der Waals surface area contributed by atoms with Gasteiger partial charge in [0.1, 0.15) is 6.54 Å². The van der Waals surface area contributed by atoms with Crippen molar-refractivity contribution in [1.82, 2.24) is 0 Å². The Morgan fingerprint density at radius 3 is 2.61 bits per heavy atom. The van der Waals surface area contributed by atoms with Gasteiger partial charge in [-0.1, -0.05) is 55.4 Å². The summed E-state index contributed by atoms with van der Waals surface area (Å²) < 4.78 is 23.9. The number of fused-ring (bicyclic) bond motifs is 1. The van der Waals surface area contributed by atoms with Crippen molar-refractivity contribution in [2.45, 2.75) is 31.1 Å². The Hall–Kier alpha value is -2.03. The van der Waals surface area contributed by atoms with Crippen LogP contribution in [0.4, 0.5) is 11.4 Å². The van der Waals surface area contributed by atoms with Crippen LogP contribution in [0.5, 0.6) is 0 Å². The summed E-state index contributed by atoms with van der Waals surface area (Å²) in [7, 11) is -3.04. The molecule has 1 N–H and O–H groups in total. The van der Waals surface area contributed by atoms with Crippen LogP contribution in [-0.4, -0.2) is 48.8 Å². The Balaban J connectivity index is 1.58. The zero-order chi connectivity index (χ0) is 22.2. The largest absolute Gasteiger partial charge is 0.324 e. The summed E-state index contributed by atoms with van der Waals surface area (Å²) in [5.74, 6) is 0.396. The molecule has 1 amide bonds. The van der Waals surface area contributed by atoms with Gasteiger partial charge in [-0.2, -0.15) is 0 Å². The molecule has 2 aliphatic rings. The number of halogens is 1. The Kier molecular flexibility index (Phi) is 6.32. The molecule has 2 aromatic carbocycles. The molecule has 0 aliphatic carbocycles. The van der Waals surface area contributed by atoms with E-state index in [0.29, 0.717) is 21.8 Å². The second kappa shape index (κ2) is 8.84. The molecule has 2 aromatic rings. The van der Waals surface area contributed by atoms with Crippen molar-refractivity contribution < 1.29 is 13.2 Å². The van der Waals surface area contributed by atoms with Gasteiger partial charge in [-0.15, -0.1) is 0 Å². The highest BCUT2D eigenvalue weighted by molar-refractivity contribution is 8.15. The van der Waals surface area contributed by atoms with E-state index in [9.17, 15) is 13.2 Å². The number of hydrogen-bond acceptors (Lipinski definition) is 6. The molecule has 1 saturated heterocycles. The van der Waals surface area contributed by atoms with Crippen LogP contribution in [0.3, 0.4) is 0 Å². The summed E-state index contributed by atoms with van der Waals surface area (Å²) >= 11 is 7.46. The summed E-state index contributed by atoms with van der Waals surface area (Å²) in [4.78, 5) is 19.4. The van der Waals surface area contributed by atoms with Crippen molar-refractivity contribution in [2.24, 2.45) is 4.99 Å². The third-order valence-corrected chi connectivity index (χ3v) is 8.80.